The van der Waals surface area contributed by atoms with Crippen LogP contribution in [0.5, 0.6) is 0 Å². The van der Waals surface area contributed by atoms with Crippen molar-refractivity contribution in [1.29, 1.82) is 0 Å². The molecule has 0 unspecified atom stereocenters. The van der Waals surface area contributed by atoms with E-state index in [0.717, 1.165) is 23.6 Å². The van der Waals surface area contributed by atoms with Gasteiger partial charge in [0, 0.05) is 43.7 Å². The van der Waals surface area contributed by atoms with Crippen LogP contribution in [0, 0.1) is 0 Å². The zero-order valence-electron chi connectivity index (χ0n) is 16.6. The minimum atomic E-state index is -2.69. The molecule has 3 heterocycles. The van der Waals surface area contributed by atoms with Crippen LogP contribution in [0.3, 0.4) is 0 Å². The maximum Gasteiger partial charge on any atom is 0.259 e. The first kappa shape index (κ1) is 21.3. The molecule has 0 radical (unpaired) electrons. The fourth-order valence-corrected chi connectivity index (χ4v) is 4.33. The normalized spacial score (nSPS) is 18.7. The second kappa shape index (κ2) is 8.67. The van der Waals surface area contributed by atoms with E-state index in [1.165, 1.54) is 11.8 Å². The molecule has 2 aliphatic rings. The van der Waals surface area contributed by atoms with E-state index in [2.05, 4.69) is 10.3 Å². The first-order valence-electron chi connectivity index (χ1n) is 10.0. The van der Waals surface area contributed by atoms with Gasteiger partial charge in [-0.2, -0.15) is 0 Å². The monoisotopic (exact) mass is 452 g/mol. The highest BCUT2D eigenvalue weighted by Crippen LogP contribution is 2.44. The smallest absolute Gasteiger partial charge is 0.259 e. The van der Waals surface area contributed by atoms with Gasteiger partial charge in [-0.25, -0.2) is 18.7 Å². The van der Waals surface area contributed by atoms with E-state index in [0.29, 0.717) is 35.1 Å². The van der Waals surface area contributed by atoms with Crippen LogP contribution in [0.25, 0.3) is 0 Å². The van der Waals surface area contributed by atoms with Gasteiger partial charge in [-0.3, -0.25) is 4.79 Å². The quantitative estimate of drug-likeness (QED) is 0.598. The molecule has 2 aromatic heterocycles. The molecule has 2 aromatic rings. The largest absolute Gasteiger partial charge is 0.356 e. The summed E-state index contributed by atoms with van der Waals surface area (Å²) in [6.45, 7) is 0.582. The summed E-state index contributed by atoms with van der Waals surface area (Å²) in [6, 6.07) is 5.12. The number of rotatable bonds is 5. The van der Waals surface area contributed by atoms with Crippen molar-refractivity contribution in [3.63, 3.8) is 0 Å². The fraction of sp³-hybridized carbons (Fsp3) is 0.476. The molecule has 1 N–H and O–H groups in total. The molecule has 4 rings (SSSR count). The Morgan fingerprint density at radius 3 is 2.83 bits per heavy atom. The molecule has 160 valence electrons. The van der Waals surface area contributed by atoms with Crippen LogP contribution in [-0.2, 0) is 0 Å². The number of amides is 1. The lowest BCUT2D eigenvalue weighted by Gasteiger charge is -2.25. The summed E-state index contributed by atoms with van der Waals surface area (Å²) in [5.74, 6) is -2.33. The summed E-state index contributed by atoms with van der Waals surface area (Å²) in [6.07, 6.45) is 5.48. The number of pyridine rings is 2. The Bertz CT molecular complexity index is 955. The van der Waals surface area contributed by atoms with Crippen molar-refractivity contribution in [1.82, 2.24) is 9.97 Å². The number of hydrogen-bond acceptors (Lipinski definition) is 5. The Morgan fingerprint density at radius 2 is 2.10 bits per heavy atom. The summed E-state index contributed by atoms with van der Waals surface area (Å²) in [5, 5.41) is 4.10. The Morgan fingerprint density at radius 1 is 1.30 bits per heavy atom. The molecule has 2 fully saturated rings. The van der Waals surface area contributed by atoms with Crippen molar-refractivity contribution in [3.8, 4) is 0 Å². The van der Waals surface area contributed by atoms with Crippen molar-refractivity contribution in [3.05, 3.63) is 40.7 Å². The van der Waals surface area contributed by atoms with Crippen LogP contribution in [0.1, 0.15) is 54.1 Å². The molecule has 1 aliphatic carbocycles. The highest BCUT2D eigenvalue weighted by atomic mass is 35.5. The Hall–Kier alpha value is -1.93. The van der Waals surface area contributed by atoms with Crippen LogP contribution in [0.4, 0.5) is 20.3 Å². The minimum absolute atomic E-state index is 0.150. The molecule has 9 heteroatoms. The number of thioether (sulfide) groups is 1. The van der Waals surface area contributed by atoms with Gasteiger partial charge in [-0.1, -0.05) is 11.6 Å². The van der Waals surface area contributed by atoms with E-state index >= 15 is 0 Å². The summed E-state index contributed by atoms with van der Waals surface area (Å²) in [5.41, 5.74) is 1.67. The van der Waals surface area contributed by atoms with E-state index in [1.54, 1.807) is 29.3 Å². The van der Waals surface area contributed by atoms with Crippen LogP contribution < -0.4 is 10.2 Å². The van der Waals surface area contributed by atoms with Crippen LogP contribution >= 0.6 is 23.4 Å². The number of nitrogens with one attached hydrogen (secondary N) is 1. The van der Waals surface area contributed by atoms with Crippen molar-refractivity contribution < 1.29 is 13.6 Å². The summed E-state index contributed by atoms with van der Waals surface area (Å²) in [7, 11) is 0. The van der Waals surface area contributed by atoms with Gasteiger partial charge in [-0.05, 0) is 43.7 Å². The van der Waals surface area contributed by atoms with Crippen molar-refractivity contribution in [2.24, 2.45) is 0 Å². The maximum atomic E-state index is 13.9. The highest BCUT2D eigenvalue weighted by molar-refractivity contribution is 7.98. The van der Waals surface area contributed by atoms with Crippen molar-refractivity contribution in [2.75, 3.05) is 29.6 Å². The van der Waals surface area contributed by atoms with E-state index in [4.69, 9.17) is 16.6 Å². The zero-order valence-corrected chi connectivity index (χ0v) is 18.2. The van der Waals surface area contributed by atoms with E-state index in [1.807, 2.05) is 6.26 Å². The number of hydrogen-bond donors (Lipinski definition) is 1. The Labute approximate surface area is 183 Å². The molecule has 5 nitrogen and oxygen atoms in total. The van der Waals surface area contributed by atoms with E-state index in [-0.39, 0.29) is 31.2 Å². The lowest BCUT2D eigenvalue weighted by atomic mass is 10.1. The number of aromatic nitrogens is 2. The van der Waals surface area contributed by atoms with Gasteiger partial charge in [0.15, 0.2) is 0 Å². The van der Waals surface area contributed by atoms with Crippen molar-refractivity contribution in [2.45, 2.75) is 49.0 Å². The predicted octanol–water partition coefficient (Wildman–Crippen LogP) is 5.61. The van der Waals surface area contributed by atoms with E-state index in [9.17, 15) is 13.6 Å². The summed E-state index contributed by atoms with van der Waals surface area (Å²) < 4.78 is 27.8. The molecule has 0 spiro atoms. The van der Waals surface area contributed by atoms with Crippen molar-refractivity contribution >= 4 is 40.8 Å². The topological polar surface area (TPSA) is 58.1 Å². The number of nitrogens with zero attached hydrogens (tertiary/aromatic N) is 3. The molecule has 1 amide bonds. The third kappa shape index (κ3) is 4.86. The molecule has 0 aromatic carbocycles. The molecule has 1 saturated heterocycles. The molecule has 1 saturated carbocycles. The van der Waals surface area contributed by atoms with Gasteiger partial charge in [0.1, 0.15) is 5.82 Å². The van der Waals surface area contributed by atoms with Gasteiger partial charge in [0.05, 0.1) is 21.3 Å². The third-order valence-electron chi connectivity index (χ3n) is 5.41. The SMILES string of the molecule is CSc1cc(NC(=O)c2cc(Cl)c(C3CC3)nc2N2CCCC(F)(F)CC2)ccn1. The molecular formula is C21H23ClF2N4OS. The average molecular weight is 453 g/mol. The number of halogens is 3. The van der Waals surface area contributed by atoms with Crippen LogP contribution in [0.15, 0.2) is 29.4 Å². The fourth-order valence-electron chi connectivity index (χ4n) is 3.62. The minimum Gasteiger partial charge on any atom is -0.356 e. The Kier molecular flexibility index (Phi) is 6.16. The van der Waals surface area contributed by atoms with Gasteiger partial charge in [0.2, 0.25) is 5.92 Å². The first-order chi connectivity index (χ1) is 14.4. The van der Waals surface area contributed by atoms with Gasteiger partial charge in [-0.15, -0.1) is 11.8 Å². The second-order valence-corrected chi connectivity index (χ2v) is 8.97. The lowest BCUT2D eigenvalue weighted by molar-refractivity contribution is -0.0102. The maximum absolute atomic E-state index is 13.9. The average Bonchev–Trinajstić information content (AvgIpc) is 3.56. The standard InChI is InChI=1S/C21H23ClF2N4OS/c1-30-17-11-14(5-8-25-17)26-20(29)15-12-16(22)18(13-3-4-13)27-19(15)28-9-2-6-21(23,24)7-10-28/h5,8,11-13H,2-4,6-7,9-10H2,1H3,(H,25,26,29). The highest BCUT2D eigenvalue weighted by Gasteiger charge is 2.35. The number of carbonyl (C=O) groups excluding carboxylic acids is 1. The number of alkyl halides is 2. The summed E-state index contributed by atoms with van der Waals surface area (Å²) >= 11 is 7.93. The molecule has 0 atom stereocenters. The number of anilines is 2. The predicted molar refractivity (Wildman–Crippen MR) is 116 cm³/mol. The second-order valence-electron chi connectivity index (χ2n) is 7.74. The first-order valence-corrected chi connectivity index (χ1v) is 11.6. The molecule has 0 bridgehead atoms. The van der Waals surface area contributed by atoms with Crippen LogP contribution in [0.2, 0.25) is 5.02 Å². The zero-order chi connectivity index (χ0) is 21.3. The van der Waals surface area contributed by atoms with E-state index < -0.39 is 5.92 Å². The Balaban J connectivity index is 1.67. The third-order valence-corrected chi connectivity index (χ3v) is 6.36. The number of carbonyl (C=O) groups is 1. The van der Waals surface area contributed by atoms with Crippen LogP contribution in [-0.4, -0.2) is 41.1 Å². The van der Waals surface area contributed by atoms with Gasteiger partial charge < -0.3 is 10.2 Å². The molecular weight excluding hydrogens is 430 g/mol. The van der Waals surface area contributed by atoms with Gasteiger partial charge in [0.25, 0.3) is 5.91 Å². The summed E-state index contributed by atoms with van der Waals surface area (Å²) in [4.78, 5) is 23.9. The lowest BCUT2D eigenvalue weighted by Crippen LogP contribution is -2.29. The van der Waals surface area contributed by atoms with Gasteiger partial charge >= 0.3 is 0 Å². The molecule has 1 aliphatic heterocycles. The molecule has 30 heavy (non-hydrogen) atoms.